The van der Waals surface area contributed by atoms with Crippen molar-refractivity contribution in [3.05, 3.63) is 219 Å². The fourth-order valence-corrected chi connectivity index (χ4v) is 8.51. The molecule has 11 rings (SSSR count). The molecular weight excluding hydrogens is 705 g/mol. The highest BCUT2D eigenvalue weighted by atomic mass is 15.3. The highest BCUT2D eigenvalue weighted by molar-refractivity contribution is 6.28. The summed E-state index contributed by atoms with van der Waals surface area (Å²) in [6.07, 6.45) is 1.92. The van der Waals surface area contributed by atoms with Crippen molar-refractivity contribution in [2.24, 2.45) is 0 Å². The Morgan fingerprint density at radius 2 is 0.793 bits per heavy atom. The van der Waals surface area contributed by atoms with Gasteiger partial charge in [0.15, 0.2) is 0 Å². The third-order valence-electron chi connectivity index (χ3n) is 11.2. The first-order chi connectivity index (χ1) is 28.8. The number of aromatic nitrogens is 2. The van der Waals surface area contributed by atoms with Gasteiger partial charge in [-0.3, -0.25) is 4.90 Å². The van der Waals surface area contributed by atoms with Crippen LogP contribution in [0.25, 0.3) is 65.5 Å². The number of hydrogen-bond donors (Lipinski definition) is 0. The van der Waals surface area contributed by atoms with Crippen LogP contribution in [-0.4, -0.2) is 9.97 Å². The van der Waals surface area contributed by atoms with E-state index in [2.05, 4.69) is 198 Å². The monoisotopic (exact) mass is 740 g/mol. The summed E-state index contributed by atoms with van der Waals surface area (Å²) in [5, 5.41) is 8.14. The summed E-state index contributed by atoms with van der Waals surface area (Å²) >= 11 is 0. The van der Waals surface area contributed by atoms with Crippen LogP contribution in [0.3, 0.4) is 0 Å². The molecular formula is C54H36N4. The highest BCUT2D eigenvalue weighted by Crippen LogP contribution is 2.48. The van der Waals surface area contributed by atoms with Gasteiger partial charge in [0, 0.05) is 39.4 Å². The van der Waals surface area contributed by atoms with Gasteiger partial charge in [-0.15, -0.1) is 0 Å². The van der Waals surface area contributed by atoms with Crippen LogP contribution in [-0.2, 0) is 0 Å². The van der Waals surface area contributed by atoms with Crippen LogP contribution >= 0.6 is 0 Å². The second-order valence-electron chi connectivity index (χ2n) is 14.7. The van der Waals surface area contributed by atoms with Gasteiger partial charge in [-0.05, 0) is 104 Å². The number of hydrogen-bond acceptors (Lipinski definition) is 4. The first-order valence-corrected chi connectivity index (χ1v) is 19.7. The van der Waals surface area contributed by atoms with Gasteiger partial charge in [0.2, 0.25) is 5.95 Å². The van der Waals surface area contributed by atoms with Gasteiger partial charge in [0.1, 0.15) is 0 Å². The zero-order chi connectivity index (χ0) is 38.4. The maximum absolute atomic E-state index is 5.11. The van der Waals surface area contributed by atoms with Crippen molar-refractivity contribution in [3.63, 3.8) is 0 Å². The molecule has 272 valence electrons. The molecule has 0 atom stereocenters. The minimum Gasteiger partial charge on any atom is -0.310 e. The fraction of sp³-hybridized carbons (Fsp3) is 0. The van der Waals surface area contributed by atoms with Gasteiger partial charge in [0.05, 0.1) is 16.9 Å². The van der Waals surface area contributed by atoms with E-state index in [0.717, 1.165) is 55.9 Å². The molecule has 0 bridgehead atoms. The summed E-state index contributed by atoms with van der Waals surface area (Å²) in [7, 11) is 0. The smallest absolute Gasteiger partial charge is 0.235 e. The third kappa shape index (κ3) is 5.78. The molecule has 0 saturated carbocycles. The molecule has 0 N–H and O–H groups in total. The molecule has 11 aromatic rings. The lowest BCUT2D eigenvalue weighted by Crippen LogP contribution is -2.14. The van der Waals surface area contributed by atoms with Crippen molar-refractivity contribution < 1.29 is 0 Å². The summed E-state index contributed by atoms with van der Waals surface area (Å²) in [5.74, 6) is 0.628. The van der Waals surface area contributed by atoms with Gasteiger partial charge in [-0.1, -0.05) is 152 Å². The van der Waals surface area contributed by atoms with E-state index in [-0.39, 0.29) is 0 Å². The molecule has 10 aromatic carbocycles. The first kappa shape index (κ1) is 33.5. The minimum atomic E-state index is 0.628. The molecule has 1 aromatic heterocycles. The Bertz CT molecular complexity index is 3160. The molecule has 4 nitrogen and oxygen atoms in total. The van der Waals surface area contributed by atoms with Crippen molar-refractivity contribution in [3.8, 4) is 22.3 Å². The van der Waals surface area contributed by atoms with E-state index in [4.69, 9.17) is 9.97 Å². The molecule has 1 heterocycles. The minimum absolute atomic E-state index is 0.628. The lowest BCUT2D eigenvalue weighted by molar-refractivity contribution is 1.11. The van der Waals surface area contributed by atoms with E-state index in [9.17, 15) is 0 Å². The molecule has 58 heavy (non-hydrogen) atoms. The maximum atomic E-state index is 5.11. The molecule has 0 aliphatic carbocycles. The molecule has 0 aliphatic heterocycles. The SMILES string of the molecule is c1ccc(-c2cc(-c3ccccc3)cc(N(c3ccccc3)c3ccc4ccc5c(N(c6ccccc6)c6ncc7ccccc7n6)ccc6ccc3c4c65)c2)cc1. The van der Waals surface area contributed by atoms with E-state index in [1.165, 1.54) is 38.1 Å². The number of nitrogens with zero attached hydrogens (tertiary/aromatic N) is 4. The quantitative estimate of drug-likeness (QED) is 0.145. The van der Waals surface area contributed by atoms with Crippen molar-refractivity contribution in [1.29, 1.82) is 0 Å². The fourth-order valence-electron chi connectivity index (χ4n) is 8.51. The Morgan fingerprint density at radius 3 is 1.36 bits per heavy atom. The summed E-state index contributed by atoms with van der Waals surface area (Å²) in [6, 6.07) is 75.8. The standard InChI is InChI=1S/C54H36N4/c1-5-15-37(16-6-1)42-33-43(38-17-7-2-8-18-38)35-46(34-42)57(44-20-9-3-10-21-44)50-31-27-39-26-30-48-51(32-28-40-25-29-47(50)52(39)53(40)48)58(45-22-11-4-12-23-45)54-55-36-41-19-13-14-24-49(41)56-54/h1-36H. The Labute approximate surface area is 336 Å². The largest absolute Gasteiger partial charge is 0.310 e. The van der Waals surface area contributed by atoms with Gasteiger partial charge in [0.25, 0.3) is 0 Å². The van der Waals surface area contributed by atoms with Crippen molar-refractivity contribution in [2.45, 2.75) is 0 Å². The maximum Gasteiger partial charge on any atom is 0.235 e. The number of rotatable bonds is 8. The topological polar surface area (TPSA) is 32.3 Å². The number of fused-ring (bicyclic) bond motifs is 1. The molecule has 0 radical (unpaired) electrons. The van der Waals surface area contributed by atoms with Crippen molar-refractivity contribution in [1.82, 2.24) is 9.97 Å². The second-order valence-corrected chi connectivity index (χ2v) is 14.7. The lowest BCUT2D eigenvalue weighted by atomic mass is 9.91. The Balaban J connectivity index is 1.16. The summed E-state index contributed by atoms with van der Waals surface area (Å²) in [6.45, 7) is 0. The van der Waals surface area contributed by atoms with Gasteiger partial charge < -0.3 is 4.90 Å². The second kappa shape index (κ2) is 14.0. The van der Waals surface area contributed by atoms with E-state index >= 15 is 0 Å². The predicted molar refractivity (Wildman–Crippen MR) is 243 cm³/mol. The van der Waals surface area contributed by atoms with E-state index in [0.29, 0.717) is 5.95 Å². The average molecular weight is 741 g/mol. The molecule has 4 heteroatoms. The Kier molecular flexibility index (Phi) is 8.11. The molecule has 0 fully saturated rings. The third-order valence-corrected chi connectivity index (χ3v) is 11.2. The van der Waals surface area contributed by atoms with E-state index in [1.54, 1.807) is 0 Å². The molecule has 0 spiro atoms. The van der Waals surface area contributed by atoms with Gasteiger partial charge in [-0.2, -0.15) is 0 Å². The van der Waals surface area contributed by atoms with Crippen LogP contribution in [0, 0.1) is 0 Å². The zero-order valence-electron chi connectivity index (χ0n) is 31.6. The summed E-state index contributed by atoms with van der Waals surface area (Å²) in [5.41, 5.74) is 10.9. The van der Waals surface area contributed by atoms with E-state index < -0.39 is 0 Å². The Morgan fingerprint density at radius 1 is 0.328 bits per heavy atom. The normalized spacial score (nSPS) is 11.4. The molecule has 0 unspecified atom stereocenters. The number of para-hydroxylation sites is 3. The van der Waals surface area contributed by atoms with Crippen molar-refractivity contribution in [2.75, 3.05) is 9.80 Å². The summed E-state index contributed by atoms with van der Waals surface area (Å²) < 4.78 is 0. The Hall–Kier alpha value is -7.82. The molecule has 0 saturated heterocycles. The molecule has 0 amide bonds. The van der Waals surface area contributed by atoms with Crippen LogP contribution in [0.2, 0.25) is 0 Å². The van der Waals surface area contributed by atoms with E-state index in [1.807, 2.05) is 30.5 Å². The van der Waals surface area contributed by atoms with Gasteiger partial charge >= 0.3 is 0 Å². The number of anilines is 6. The lowest BCUT2D eigenvalue weighted by Gasteiger charge is -2.29. The van der Waals surface area contributed by atoms with Crippen LogP contribution < -0.4 is 9.80 Å². The highest BCUT2D eigenvalue weighted by Gasteiger charge is 2.23. The summed E-state index contributed by atoms with van der Waals surface area (Å²) in [4.78, 5) is 14.7. The molecule has 0 aliphatic rings. The van der Waals surface area contributed by atoms with Gasteiger partial charge in [-0.25, -0.2) is 9.97 Å². The van der Waals surface area contributed by atoms with Crippen LogP contribution in [0.1, 0.15) is 0 Å². The van der Waals surface area contributed by atoms with Crippen LogP contribution in [0.4, 0.5) is 34.4 Å². The van der Waals surface area contributed by atoms with Crippen molar-refractivity contribution >= 4 is 77.6 Å². The first-order valence-electron chi connectivity index (χ1n) is 19.7. The van der Waals surface area contributed by atoms with Crippen LogP contribution in [0.15, 0.2) is 219 Å². The predicted octanol–water partition coefficient (Wildman–Crippen LogP) is 14.8. The van der Waals surface area contributed by atoms with Crippen LogP contribution in [0.5, 0.6) is 0 Å². The zero-order valence-corrected chi connectivity index (χ0v) is 31.6. The number of benzene rings is 10. The average Bonchev–Trinajstić information content (AvgIpc) is 3.30.